The Morgan fingerprint density at radius 3 is 2.24 bits per heavy atom. The van der Waals surface area contributed by atoms with Crippen molar-refractivity contribution in [3.05, 3.63) is 71.8 Å². The zero-order chi connectivity index (χ0) is 27.9. The Balaban J connectivity index is 1.72. The maximum atomic E-state index is 13.2. The van der Waals surface area contributed by atoms with Crippen LogP contribution in [0.4, 0.5) is 4.79 Å². The lowest BCUT2D eigenvalue weighted by Crippen LogP contribution is -2.53. The van der Waals surface area contributed by atoms with E-state index in [9.17, 15) is 24.6 Å². The van der Waals surface area contributed by atoms with Crippen LogP contribution in [0.1, 0.15) is 57.8 Å². The molecule has 0 saturated carbocycles. The molecule has 0 unspecified atom stereocenters. The Bertz CT molecular complexity index is 1070. The van der Waals surface area contributed by atoms with Crippen molar-refractivity contribution in [2.45, 2.75) is 77.0 Å². The van der Waals surface area contributed by atoms with Crippen LogP contribution in [0.25, 0.3) is 0 Å². The second kappa shape index (κ2) is 12.9. The van der Waals surface area contributed by atoms with E-state index in [2.05, 4.69) is 5.32 Å². The molecule has 0 bridgehead atoms. The molecular formula is C29H38N2O7. The lowest BCUT2D eigenvalue weighted by atomic mass is 9.94. The standard InChI is InChI=1S/C29H38N2O7/c1-19(24(32)22-16-11-17-31(22)28(36)38-29(2,3)4)26(34)30-23(25(33)21-14-9-6-10-15-21)27(35)37-18-20-12-7-5-8-13-20/h5-10,12-15,19,22-25,32-33H,11,16-18H2,1-4H3,(H,30,34)/t19-,22+,23+,24-,25-/m1/s1. The van der Waals surface area contributed by atoms with Gasteiger partial charge in [0.15, 0.2) is 6.04 Å². The third kappa shape index (κ3) is 7.79. The molecule has 1 aliphatic heterocycles. The lowest BCUT2D eigenvalue weighted by molar-refractivity contribution is -0.153. The topological polar surface area (TPSA) is 125 Å². The minimum atomic E-state index is -1.41. The molecule has 1 aliphatic rings. The highest BCUT2D eigenvalue weighted by Gasteiger charge is 2.41. The summed E-state index contributed by atoms with van der Waals surface area (Å²) in [5.41, 5.74) is 0.487. The summed E-state index contributed by atoms with van der Waals surface area (Å²) < 4.78 is 10.9. The summed E-state index contributed by atoms with van der Waals surface area (Å²) in [4.78, 5) is 40.4. The fourth-order valence-electron chi connectivity index (χ4n) is 4.40. The average Bonchev–Trinajstić information content (AvgIpc) is 3.39. The van der Waals surface area contributed by atoms with Crippen LogP contribution >= 0.6 is 0 Å². The number of rotatable bonds is 9. The first-order chi connectivity index (χ1) is 18.0. The molecule has 0 radical (unpaired) electrons. The van der Waals surface area contributed by atoms with Crippen LogP contribution in [-0.4, -0.2) is 63.4 Å². The Morgan fingerprint density at radius 1 is 1.03 bits per heavy atom. The van der Waals surface area contributed by atoms with Gasteiger partial charge in [-0.2, -0.15) is 0 Å². The molecule has 38 heavy (non-hydrogen) atoms. The number of ether oxygens (including phenoxy) is 2. The zero-order valence-corrected chi connectivity index (χ0v) is 22.4. The molecule has 0 aliphatic carbocycles. The number of aliphatic hydroxyl groups is 2. The molecule has 0 aromatic heterocycles. The van der Waals surface area contributed by atoms with Crippen LogP contribution < -0.4 is 5.32 Å². The number of benzene rings is 2. The molecule has 3 rings (SSSR count). The highest BCUT2D eigenvalue weighted by molar-refractivity contribution is 5.86. The first-order valence-electron chi connectivity index (χ1n) is 12.9. The summed E-state index contributed by atoms with van der Waals surface area (Å²) in [6.45, 7) is 7.18. The van der Waals surface area contributed by atoms with E-state index in [1.54, 1.807) is 63.2 Å². The number of likely N-dealkylation sites (tertiary alicyclic amines) is 1. The van der Waals surface area contributed by atoms with E-state index in [0.29, 0.717) is 24.9 Å². The van der Waals surface area contributed by atoms with Gasteiger partial charge in [0.1, 0.15) is 18.3 Å². The molecule has 1 saturated heterocycles. The molecule has 2 amide bonds. The highest BCUT2D eigenvalue weighted by atomic mass is 16.6. The number of carbonyl (C=O) groups excluding carboxylic acids is 3. The van der Waals surface area contributed by atoms with Crippen LogP contribution in [0.15, 0.2) is 60.7 Å². The van der Waals surface area contributed by atoms with Gasteiger partial charge in [0.2, 0.25) is 5.91 Å². The van der Waals surface area contributed by atoms with Gasteiger partial charge in [0.25, 0.3) is 0 Å². The second-order valence-electron chi connectivity index (χ2n) is 10.6. The van der Waals surface area contributed by atoms with Crippen molar-refractivity contribution >= 4 is 18.0 Å². The van der Waals surface area contributed by atoms with E-state index in [-0.39, 0.29) is 6.61 Å². The first kappa shape index (κ1) is 29.1. The van der Waals surface area contributed by atoms with Crippen molar-refractivity contribution in [3.63, 3.8) is 0 Å². The van der Waals surface area contributed by atoms with Crippen LogP contribution in [0, 0.1) is 5.92 Å². The van der Waals surface area contributed by atoms with E-state index in [0.717, 1.165) is 5.56 Å². The average molecular weight is 527 g/mol. The number of esters is 1. The van der Waals surface area contributed by atoms with E-state index in [4.69, 9.17) is 9.47 Å². The minimum Gasteiger partial charge on any atom is -0.459 e. The van der Waals surface area contributed by atoms with Crippen LogP contribution in [0.5, 0.6) is 0 Å². The second-order valence-corrected chi connectivity index (χ2v) is 10.6. The number of hydrogen-bond donors (Lipinski definition) is 3. The van der Waals surface area contributed by atoms with Gasteiger partial charge in [-0.1, -0.05) is 67.6 Å². The Morgan fingerprint density at radius 2 is 1.63 bits per heavy atom. The van der Waals surface area contributed by atoms with Gasteiger partial charge in [-0.15, -0.1) is 0 Å². The van der Waals surface area contributed by atoms with E-state index in [1.165, 1.54) is 11.8 Å². The monoisotopic (exact) mass is 526 g/mol. The van der Waals surface area contributed by atoms with E-state index < -0.39 is 53.8 Å². The first-order valence-corrected chi connectivity index (χ1v) is 12.9. The summed E-state index contributed by atoms with van der Waals surface area (Å²) in [7, 11) is 0. The summed E-state index contributed by atoms with van der Waals surface area (Å²) in [5.74, 6) is -2.45. The number of aliphatic hydroxyl groups excluding tert-OH is 2. The number of carbonyl (C=O) groups is 3. The van der Waals surface area contributed by atoms with E-state index >= 15 is 0 Å². The summed E-state index contributed by atoms with van der Waals surface area (Å²) in [6, 6.07) is 15.5. The van der Waals surface area contributed by atoms with Gasteiger partial charge in [0.05, 0.1) is 18.1 Å². The number of amides is 2. The van der Waals surface area contributed by atoms with Crippen molar-refractivity contribution in [1.82, 2.24) is 10.2 Å². The third-order valence-electron chi connectivity index (χ3n) is 6.48. The Kier molecular flexibility index (Phi) is 9.88. The number of nitrogens with zero attached hydrogens (tertiary/aromatic N) is 1. The Hall–Kier alpha value is -3.43. The van der Waals surface area contributed by atoms with Gasteiger partial charge in [-0.25, -0.2) is 9.59 Å². The maximum Gasteiger partial charge on any atom is 0.410 e. The lowest BCUT2D eigenvalue weighted by Gasteiger charge is -2.33. The van der Waals surface area contributed by atoms with Crippen LogP contribution in [0.3, 0.4) is 0 Å². The van der Waals surface area contributed by atoms with Crippen molar-refractivity contribution in [2.24, 2.45) is 5.92 Å². The molecule has 9 heteroatoms. The van der Waals surface area contributed by atoms with Gasteiger partial charge < -0.3 is 29.9 Å². The number of nitrogens with one attached hydrogen (secondary N) is 1. The molecular weight excluding hydrogens is 488 g/mol. The molecule has 3 N–H and O–H groups in total. The van der Waals surface area contributed by atoms with Gasteiger partial charge in [-0.3, -0.25) is 4.79 Å². The predicted molar refractivity (Wildman–Crippen MR) is 141 cm³/mol. The van der Waals surface area contributed by atoms with Crippen molar-refractivity contribution in [3.8, 4) is 0 Å². The highest BCUT2D eigenvalue weighted by Crippen LogP contribution is 2.27. The molecule has 5 atom stereocenters. The normalized spacial score (nSPS) is 18.7. The fraction of sp³-hybridized carbons (Fsp3) is 0.483. The predicted octanol–water partition coefficient (Wildman–Crippen LogP) is 3.34. The zero-order valence-electron chi connectivity index (χ0n) is 22.4. The molecule has 1 fully saturated rings. The smallest absolute Gasteiger partial charge is 0.410 e. The third-order valence-corrected chi connectivity index (χ3v) is 6.48. The molecule has 9 nitrogen and oxygen atoms in total. The van der Waals surface area contributed by atoms with Crippen molar-refractivity contribution in [1.29, 1.82) is 0 Å². The SMILES string of the molecule is C[C@@H](C(=O)N[C@H](C(=O)OCc1ccccc1)[C@H](O)c1ccccc1)[C@@H](O)[C@@H]1CCCN1C(=O)OC(C)(C)C. The largest absolute Gasteiger partial charge is 0.459 e. The van der Waals surface area contributed by atoms with Gasteiger partial charge in [0, 0.05) is 6.54 Å². The van der Waals surface area contributed by atoms with Gasteiger partial charge >= 0.3 is 12.1 Å². The molecule has 1 heterocycles. The fourth-order valence-corrected chi connectivity index (χ4v) is 4.40. The molecule has 2 aromatic carbocycles. The summed E-state index contributed by atoms with van der Waals surface area (Å²) in [5, 5.41) is 24.7. The minimum absolute atomic E-state index is 0.0291. The molecule has 0 spiro atoms. The van der Waals surface area contributed by atoms with E-state index in [1.807, 2.05) is 18.2 Å². The molecule has 206 valence electrons. The Labute approximate surface area is 223 Å². The quantitative estimate of drug-likeness (QED) is 0.428. The van der Waals surface area contributed by atoms with Gasteiger partial charge in [-0.05, 0) is 44.7 Å². The summed E-state index contributed by atoms with van der Waals surface area (Å²) in [6.07, 6.45) is -1.96. The summed E-state index contributed by atoms with van der Waals surface area (Å²) >= 11 is 0. The molecule has 2 aromatic rings. The van der Waals surface area contributed by atoms with Crippen LogP contribution in [-0.2, 0) is 25.7 Å². The van der Waals surface area contributed by atoms with Crippen molar-refractivity contribution < 1.29 is 34.1 Å². The number of hydrogen-bond acceptors (Lipinski definition) is 7. The van der Waals surface area contributed by atoms with Crippen molar-refractivity contribution in [2.75, 3.05) is 6.54 Å². The maximum absolute atomic E-state index is 13.2. The van der Waals surface area contributed by atoms with Crippen LogP contribution in [0.2, 0.25) is 0 Å².